The average molecular weight is 283 g/mol. The highest BCUT2D eigenvalue weighted by Gasteiger charge is 2.42. The van der Waals surface area contributed by atoms with Crippen molar-refractivity contribution in [2.45, 2.75) is 13.3 Å². The van der Waals surface area contributed by atoms with Crippen LogP contribution in [0.2, 0.25) is 0 Å². The lowest BCUT2D eigenvalue weighted by Crippen LogP contribution is -2.32. The van der Waals surface area contributed by atoms with Crippen LogP contribution in [-0.4, -0.2) is 22.6 Å². The molecule has 1 aliphatic heterocycles. The van der Waals surface area contributed by atoms with Crippen molar-refractivity contribution in [2.75, 3.05) is 10.8 Å². The van der Waals surface area contributed by atoms with Crippen LogP contribution < -0.4 is 4.90 Å². The predicted octanol–water partition coefficient (Wildman–Crippen LogP) is 2.02. The first kappa shape index (κ1) is 13.5. The fourth-order valence-electron chi connectivity index (χ4n) is 2.13. The van der Waals surface area contributed by atoms with Gasteiger partial charge in [0.1, 0.15) is 5.69 Å². The second kappa shape index (κ2) is 4.97. The first-order valence-corrected chi connectivity index (χ1v) is 6.17. The maximum Gasteiger partial charge on any atom is 0.293 e. The summed E-state index contributed by atoms with van der Waals surface area (Å²) in [7, 11) is 0. The average Bonchev–Trinajstić information content (AvgIpc) is 2.64. The minimum absolute atomic E-state index is 0.00613. The van der Waals surface area contributed by atoms with Gasteiger partial charge >= 0.3 is 0 Å². The Morgan fingerprint density at radius 1 is 1.47 bits per heavy atom. The second-order valence-electron chi connectivity index (χ2n) is 4.32. The summed E-state index contributed by atoms with van der Waals surface area (Å²) in [5, 5.41) is 11.0. The number of nitrogens with zero attached hydrogens (tertiary/aromatic N) is 2. The normalized spacial score (nSPS) is 19.1. The van der Waals surface area contributed by atoms with Gasteiger partial charge in [0.05, 0.1) is 10.8 Å². The van der Waals surface area contributed by atoms with Crippen molar-refractivity contribution in [1.82, 2.24) is 0 Å². The minimum atomic E-state index is -0.603. The number of hydrogen-bond acceptors (Lipinski definition) is 4. The Balaban J connectivity index is 2.56. The van der Waals surface area contributed by atoms with E-state index in [-0.39, 0.29) is 23.7 Å². The molecule has 1 fully saturated rings. The maximum absolute atomic E-state index is 12.1. The van der Waals surface area contributed by atoms with E-state index in [9.17, 15) is 19.7 Å². The largest absolute Gasteiger partial charge is 0.293 e. The number of hydrogen-bond donors (Lipinski definition) is 0. The first-order valence-electron chi connectivity index (χ1n) is 5.64. The number of alkyl halides is 1. The highest BCUT2D eigenvalue weighted by Crippen LogP contribution is 2.36. The van der Waals surface area contributed by atoms with E-state index < -0.39 is 22.7 Å². The molecule has 19 heavy (non-hydrogen) atoms. The van der Waals surface area contributed by atoms with Crippen molar-refractivity contribution in [2.24, 2.45) is 5.92 Å². The van der Waals surface area contributed by atoms with E-state index in [0.29, 0.717) is 5.56 Å². The van der Waals surface area contributed by atoms with Gasteiger partial charge in [-0.1, -0.05) is 12.1 Å². The fraction of sp³-hybridized carbons (Fsp3) is 0.333. The lowest BCUT2D eigenvalue weighted by atomic mass is 10.1. The van der Waals surface area contributed by atoms with E-state index in [0.717, 1.165) is 4.90 Å². The summed E-state index contributed by atoms with van der Waals surface area (Å²) in [6, 6.07) is 4.41. The van der Waals surface area contributed by atoms with Crippen molar-refractivity contribution < 1.29 is 14.5 Å². The standard InChI is InChI=1S/C12H11ClN2O4/c1-7-3-2-4-9(15(18)19)11(7)14-10(16)5-8(6-13)12(14)17/h2-4,8H,5-6H2,1H3. The molecule has 1 atom stereocenters. The molecule has 0 bridgehead atoms. The number of aryl methyl sites for hydroxylation is 1. The molecule has 0 N–H and O–H groups in total. The number of benzene rings is 1. The Kier molecular flexibility index (Phi) is 3.53. The molecule has 1 aromatic carbocycles. The molecule has 7 heteroatoms. The topological polar surface area (TPSA) is 80.5 Å². The highest BCUT2D eigenvalue weighted by molar-refractivity contribution is 6.26. The number of rotatable bonds is 3. The van der Waals surface area contributed by atoms with Crippen molar-refractivity contribution >= 4 is 34.8 Å². The Labute approximate surface area is 114 Å². The van der Waals surface area contributed by atoms with Crippen LogP contribution >= 0.6 is 11.6 Å². The minimum Gasteiger partial charge on any atom is -0.274 e. The smallest absolute Gasteiger partial charge is 0.274 e. The summed E-state index contributed by atoms with van der Waals surface area (Å²) in [5.41, 5.74) is 0.304. The molecule has 1 unspecified atom stereocenters. The molecule has 1 saturated heterocycles. The third kappa shape index (κ3) is 2.19. The lowest BCUT2D eigenvalue weighted by molar-refractivity contribution is -0.384. The van der Waals surface area contributed by atoms with Crippen LogP contribution in [0.25, 0.3) is 0 Å². The van der Waals surface area contributed by atoms with Gasteiger partial charge in [-0.3, -0.25) is 19.7 Å². The molecule has 0 saturated carbocycles. The van der Waals surface area contributed by atoms with Gasteiger partial charge in [0.15, 0.2) is 0 Å². The number of nitro groups is 1. The molecular weight excluding hydrogens is 272 g/mol. The van der Waals surface area contributed by atoms with Gasteiger partial charge in [0.25, 0.3) is 5.69 Å². The number of para-hydroxylation sites is 1. The lowest BCUT2D eigenvalue weighted by Gasteiger charge is -2.16. The number of carbonyl (C=O) groups excluding carboxylic acids is 2. The molecule has 0 radical (unpaired) electrons. The van der Waals surface area contributed by atoms with Crippen LogP contribution in [0.3, 0.4) is 0 Å². The van der Waals surface area contributed by atoms with Crippen LogP contribution in [0.5, 0.6) is 0 Å². The molecule has 6 nitrogen and oxygen atoms in total. The monoisotopic (exact) mass is 282 g/mol. The summed E-state index contributed by atoms with van der Waals surface area (Å²) >= 11 is 5.63. The van der Waals surface area contributed by atoms with Gasteiger partial charge in [-0.2, -0.15) is 0 Å². The fourth-order valence-corrected chi connectivity index (χ4v) is 2.37. The van der Waals surface area contributed by atoms with Gasteiger partial charge in [0.2, 0.25) is 11.8 Å². The number of halogens is 1. The Hall–Kier alpha value is -1.95. The van der Waals surface area contributed by atoms with E-state index in [1.165, 1.54) is 12.1 Å². The quantitative estimate of drug-likeness (QED) is 0.368. The zero-order valence-electron chi connectivity index (χ0n) is 10.1. The Morgan fingerprint density at radius 2 is 2.16 bits per heavy atom. The van der Waals surface area contributed by atoms with Gasteiger partial charge < -0.3 is 0 Å². The van der Waals surface area contributed by atoms with E-state index in [1.807, 2.05) is 0 Å². The maximum atomic E-state index is 12.1. The summed E-state index contributed by atoms with van der Waals surface area (Å²) in [4.78, 5) is 35.3. The van der Waals surface area contributed by atoms with E-state index >= 15 is 0 Å². The number of imide groups is 1. The molecule has 1 heterocycles. The van der Waals surface area contributed by atoms with E-state index in [2.05, 4.69) is 0 Å². The third-order valence-electron chi connectivity index (χ3n) is 3.06. The third-order valence-corrected chi connectivity index (χ3v) is 3.44. The molecular formula is C12H11ClN2O4. The Morgan fingerprint density at radius 3 is 2.68 bits per heavy atom. The predicted molar refractivity (Wildman–Crippen MR) is 69.2 cm³/mol. The zero-order chi connectivity index (χ0) is 14.2. The second-order valence-corrected chi connectivity index (χ2v) is 4.63. The molecule has 1 aromatic rings. The molecule has 2 amide bonds. The summed E-state index contributed by atoms with van der Waals surface area (Å²) in [6.45, 7) is 1.62. The molecule has 1 aliphatic rings. The van der Waals surface area contributed by atoms with Crippen LogP contribution in [0.1, 0.15) is 12.0 Å². The summed E-state index contributed by atoms with van der Waals surface area (Å²) < 4.78 is 0. The molecule has 0 aromatic heterocycles. The van der Waals surface area contributed by atoms with E-state index in [1.54, 1.807) is 13.0 Å². The van der Waals surface area contributed by atoms with Crippen molar-refractivity contribution in [3.05, 3.63) is 33.9 Å². The van der Waals surface area contributed by atoms with Crippen LogP contribution in [0.15, 0.2) is 18.2 Å². The summed E-state index contributed by atoms with van der Waals surface area (Å²) in [6.07, 6.45) is -0.00613. The van der Waals surface area contributed by atoms with Crippen LogP contribution in [-0.2, 0) is 9.59 Å². The summed E-state index contributed by atoms with van der Waals surface area (Å²) in [5.74, 6) is -1.50. The molecule has 2 rings (SSSR count). The number of anilines is 1. The highest BCUT2D eigenvalue weighted by atomic mass is 35.5. The van der Waals surface area contributed by atoms with Crippen molar-refractivity contribution in [3.63, 3.8) is 0 Å². The van der Waals surface area contributed by atoms with Crippen LogP contribution in [0.4, 0.5) is 11.4 Å². The SMILES string of the molecule is Cc1cccc([N+](=O)[O-])c1N1C(=O)CC(CCl)C1=O. The van der Waals surface area contributed by atoms with Crippen molar-refractivity contribution in [3.8, 4) is 0 Å². The van der Waals surface area contributed by atoms with Crippen LogP contribution in [0, 0.1) is 23.0 Å². The van der Waals surface area contributed by atoms with Crippen molar-refractivity contribution in [1.29, 1.82) is 0 Å². The van der Waals surface area contributed by atoms with Gasteiger partial charge in [-0.05, 0) is 12.5 Å². The molecule has 0 spiro atoms. The van der Waals surface area contributed by atoms with Gasteiger partial charge in [-0.25, -0.2) is 4.90 Å². The van der Waals surface area contributed by atoms with Gasteiger partial charge in [-0.15, -0.1) is 11.6 Å². The zero-order valence-corrected chi connectivity index (χ0v) is 10.9. The first-order chi connectivity index (χ1) is 8.97. The Bertz CT molecular complexity index is 573. The number of nitro benzene ring substituents is 1. The number of amides is 2. The molecule has 0 aliphatic carbocycles. The van der Waals surface area contributed by atoms with E-state index in [4.69, 9.17) is 11.6 Å². The number of carbonyl (C=O) groups is 2. The van der Waals surface area contributed by atoms with Gasteiger partial charge in [0, 0.05) is 18.4 Å². The molecule has 100 valence electrons.